The van der Waals surface area contributed by atoms with Crippen LogP contribution < -0.4 is 16.6 Å². The number of hydrogen-bond acceptors (Lipinski definition) is 6. The number of halogens is 1. The van der Waals surface area contributed by atoms with Crippen molar-refractivity contribution in [3.05, 3.63) is 62.7 Å². The van der Waals surface area contributed by atoms with Gasteiger partial charge in [-0.3, -0.25) is 14.3 Å². The Hall–Kier alpha value is -3.07. The van der Waals surface area contributed by atoms with E-state index in [4.69, 9.17) is 4.74 Å². The molecule has 0 unspecified atom stereocenters. The van der Waals surface area contributed by atoms with E-state index in [1.165, 1.54) is 18.3 Å². The van der Waals surface area contributed by atoms with Crippen LogP contribution in [0.15, 0.2) is 40.1 Å². The number of fused-ring (bicyclic) bond motifs is 1. The number of aromatic amines is 1. The van der Waals surface area contributed by atoms with Crippen LogP contribution >= 0.6 is 0 Å². The summed E-state index contributed by atoms with van der Waals surface area (Å²) in [4.78, 5) is 35.9. The molecule has 0 amide bonds. The topological polar surface area (TPSA) is 102 Å². The Bertz CT molecular complexity index is 1090. The highest BCUT2D eigenvalue weighted by atomic mass is 19.1. The zero-order valence-corrected chi connectivity index (χ0v) is 14.4. The molecule has 27 heavy (non-hydrogen) atoms. The third kappa shape index (κ3) is 3.59. The van der Waals surface area contributed by atoms with Gasteiger partial charge >= 0.3 is 5.69 Å². The van der Waals surface area contributed by atoms with Gasteiger partial charge in [0.15, 0.2) is 5.65 Å². The van der Waals surface area contributed by atoms with E-state index in [1.54, 1.807) is 12.1 Å². The molecule has 1 aliphatic rings. The van der Waals surface area contributed by atoms with Crippen LogP contribution in [0.2, 0.25) is 0 Å². The molecule has 0 bridgehead atoms. The summed E-state index contributed by atoms with van der Waals surface area (Å²) in [5.41, 5.74) is -0.831. The summed E-state index contributed by atoms with van der Waals surface area (Å²) in [6.07, 6.45) is 3.46. The molecular weight excluding hydrogens is 353 g/mol. The van der Waals surface area contributed by atoms with Crippen molar-refractivity contribution in [3.8, 4) is 0 Å². The van der Waals surface area contributed by atoms with Crippen molar-refractivity contribution in [2.45, 2.75) is 25.5 Å². The Kier molecular flexibility index (Phi) is 4.68. The van der Waals surface area contributed by atoms with Crippen LogP contribution in [0, 0.1) is 5.82 Å². The number of anilines is 1. The smallest absolute Gasteiger partial charge is 0.330 e. The summed E-state index contributed by atoms with van der Waals surface area (Å²) in [6, 6.07) is 6.00. The summed E-state index contributed by atoms with van der Waals surface area (Å²) in [7, 11) is 0. The number of nitrogens with one attached hydrogen (secondary N) is 2. The van der Waals surface area contributed by atoms with Crippen molar-refractivity contribution in [2.75, 3.05) is 18.5 Å². The van der Waals surface area contributed by atoms with Gasteiger partial charge in [-0.2, -0.15) is 4.98 Å². The summed E-state index contributed by atoms with van der Waals surface area (Å²) in [5, 5.41) is 3.21. The van der Waals surface area contributed by atoms with E-state index in [-0.39, 0.29) is 29.2 Å². The molecule has 1 fully saturated rings. The summed E-state index contributed by atoms with van der Waals surface area (Å²) >= 11 is 0. The van der Waals surface area contributed by atoms with Crippen LogP contribution in [0.3, 0.4) is 0 Å². The lowest BCUT2D eigenvalue weighted by Gasteiger charge is -2.11. The van der Waals surface area contributed by atoms with Crippen molar-refractivity contribution >= 4 is 17.0 Å². The quantitative estimate of drug-likeness (QED) is 0.700. The molecule has 4 rings (SSSR count). The van der Waals surface area contributed by atoms with Crippen LogP contribution in [0.25, 0.3) is 11.0 Å². The highest BCUT2D eigenvalue weighted by molar-refractivity contribution is 5.73. The zero-order valence-electron chi connectivity index (χ0n) is 14.4. The molecule has 140 valence electrons. The van der Waals surface area contributed by atoms with E-state index in [2.05, 4.69) is 20.3 Å². The molecule has 3 heterocycles. The van der Waals surface area contributed by atoms with E-state index < -0.39 is 17.1 Å². The molecule has 1 atom stereocenters. The van der Waals surface area contributed by atoms with Gasteiger partial charge in [0.1, 0.15) is 11.2 Å². The lowest BCUT2D eigenvalue weighted by atomic mass is 10.2. The molecule has 1 saturated heterocycles. The minimum Gasteiger partial charge on any atom is -0.376 e. The molecule has 1 aromatic carbocycles. The molecule has 0 spiro atoms. The minimum atomic E-state index is -0.653. The number of nitrogens with zero attached hydrogens (tertiary/aromatic N) is 3. The maximum Gasteiger partial charge on any atom is 0.330 e. The highest BCUT2D eigenvalue weighted by Crippen LogP contribution is 2.13. The zero-order chi connectivity index (χ0) is 18.8. The van der Waals surface area contributed by atoms with Crippen LogP contribution in [-0.2, 0) is 11.3 Å². The van der Waals surface area contributed by atoms with Gasteiger partial charge in [-0.15, -0.1) is 0 Å². The molecule has 2 aromatic heterocycles. The molecule has 8 nitrogen and oxygen atoms in total. The van der Waals surface area contributed by atoms with Crippen molar-refractivity contribution in [3.63, 3.8) is 0 Å². The summed E-state index contributed by atoms with van der Waals surface area (Å²) in [6.45, 7) is 1.13. The van der Waals surface area contributed by atoms with Gasteiger partial charge in [-0.1, -0.05) is 18.2 Å². The number of benzene rings is 1. The normalized spacial score (nSPS) is 16.7. The van der Waals surface area contributed by atoms with E-state index in [1.807, 2.05) is 0 Å². The Morgan fingerprint density at radius 3 is 2.96 bits per heavy atom. The monoisotopic (exact) mass is 371 g/mol. The summed E-state index contributed by atoms with van der Waals surface area (Å²) < 4.78 is 20.3. The van der Waals surface area contributed by atoms with Crippen LogP contribution in [0.1, 0.15) is 18.4 Å². The lowest BCUT2D eigenvalue weighted by molar-refractivity contribution is 0.120. The lowest BCUT2D eigenvalue weighted by Crippen LogP contribution is -2.36. The molecule has 0 radical (unpaired) electrons. The SMILES string of the molecule is O=c1[nH]c2nc(NC[C@@H]3CCCO3)ncc2c(=O)n1Cc1ccccc1F. The van der Waals surface area contributed by atoms with Crippen LogP contribution in [0.4, 0.5) is 10.3 Å². The fourth-order valence-electron chi connectivity index (χ4n) is 3.08. The average Bonchev–Trinajstić information content (AvgIpc) is 3.18. The maximum atomic E-state index is 13.8. The molecule has 0 aliphatic carbocycles. The first kappa shape index (κ1) is 17.3. The third-order valence-corrected chi connectivity index (χ3v) is 4.53. The van der Waals surface area contributed by atoms with Gasteiger partial charge in [0, 0.05) is 24.9 Å². The van der Waals surface area contributed by atoms with Crippen molar-refractivity contribution < 1.29 is 9.13 Å². The fourth-order valence-corrected chi connectivity index (χ4v) is 3.08. The van der Waals surface area contributed by atoms with Gasteiger partial charge < -0.3 is 10.1 Å². The van der Waals surface area contributed by atoms with Crippen molar-refractivity contribution in [1.82, 2.24) is 19.5 Å². The third-order valence-electron chi connectivity index (χ3n) is 4.53. The Labute approximate surface area is 153 Å². The summed E-state index contributed by atoms with van der Waals surface area (Å²) in [5.74, 6) is -0.172. The largest absolute Gasteiger partial charge is 0.376 e. The molecule has 9 heteroatoms. The van der Waals surface area contributed by atoms with Gasteiger partial charge in [0.05, 0.1) is 12.6 Å². The molecule has 1 aliphatic heterocycles. The van der Waals surface area contributed by atoms with Crippen molar-refractivity contribution in [1.29, 1.82) is 0 Å². The van der Waals surface area contributed by atoms with Gasteiger partial charge in [0.25, 0.3) is 5.56 Å². The van der Waals surface area contributed by atoms with E-state index in [0.717, 1.165) is 24.0 Å². The number of H-pyrrole nitrogens is 1. The van der Waals surface area contributed by atoms with Crippen LogP contribution in [-0.4, -0.2) is 38.8 Å². The minimum absolute atomic E-state index is 0.108. The molecule has 0 saturated carbocycles. The number of rotatable bonds is 5. The predicted octanol–water partition coefficient (Wildman–Crippen LogP) is 1.26. The highest BCUT2D eigenvalue weighted by Gasteiger charge is 2.16. The Morgan fingerprint density at radius 1 is 1.33 bits per heavy atom. The molecule has 3 aromatic rings. The fraction of sp³-hybridized carbons (Fsp3) is 0.333. The number of ether oxygens (including phenoxy) is 1. The van der Waals surface area contributed by atoms with Crippen molar-refractivity contribution in [2.24, 2.45) is 0 Å². The first-order chi connectivity index (χ1) is 13.1. The van der Waals surface area contributed by atoms with Gasteiger partial charge in [-0.25, -0.2) is 14.2 Å². The van der Waals surface area contributed by atoms with Gasteiger partial charge in [-0.05, 0) is 18.9 Å². The maximum absolute atomic E-state index is 13.8. The van der Waals surface area contributed by atoms with Gasteiger partial charge in [0.2, 0.25) is 5.95 Å². The molecular formula is C18H18FN5O3. The predicted molar refractivity (Wildman–Crippen MR) is 97.4 cm³/mol. The van der Waals surface area contributed by atoms with Crippen LogP contribution in [0.5, 0.6) is 0 Å². The second kappa shape index (κ2) is 7.28. The number of aromatic nitrogens is 4. The second-order valence-electron chi connectivity index (χ2n) is 6.38. The second-order valence-corrected chi connectivity index (χ2v) is 6.38. The van der Waals surface area contributed by atoms with E-state index in [9.17, 15) is 14.0 Å². The Morgan fingerprint density at radius 2 is 2.19 bits per heavy atom. The first-order valence-corrected chi connectivity index (χ1v) is 8.70. The van der Waals surface area contributed by atoms with E-state index >= 15 is 0 Å². The Balaban J connectivity index is 1.63. The molecule has 2 N–H and O–H groups in total. The average molecular weight is 371 g/mol. The van der Waals surface area contributed by atoms with E-state index in [0.29, 0.717) is 12.5 Å². The number of hydrogen-bond donors (Lipinski definition) is 2. The first-order valence-electron chi connectivity index (χ1n) is 8.70. The standard InChI is InChI=1S/C18H18FN5O3/c19-14-6-2-1-4-11(14)10-24-16(25)13-9-21-17(22-15(13)23-18(24)26)20-8-12-5-3-7-27-12/h1-2,4,6,9,12H,3,5,7-8,10H2,(H2,20,21,22,23,26)/t12-/m0/s1.